The summed E-state index contributed by atoms with van der Waals surface area (Å²) in [6.45, 7) is 2.57. The third-order valence-corrected chi connectivity index (χ3v) is 3.01. The normalized spacial score (nSPS) is 12.8. The van der Waals surface area contributed by atoms with Crippen LogP contribution >= 0.6 is 11.6 Å². The van der Waals surface area contributed by atoms with Crippen LogP contribution in [0, 0.1) is 12.7 Å². The van der Waals surface area contributed by atoms with Gasteiger partial charge < -0.3 is 10.6 Å². The van der Waals surface area contributed by atoms with Gasteiger partial charge in [-0.05, 0) is 57.2 Å². The molecular weight excluding hydrogens is 227 g/mol. The Labute approximate surface area is 101 Å². The van der Waals surface area contributed by atoms with E-state index in [1.165, 1.54) is 6.07 Å². The zero-order chi connectivity index (χ0) is 12.1. The van der Waals surface area contributed by atoms with Crippen LogP contribution in [-0.4, -0.2) is 20.6 Å². The highest BCUT2D eigenvalue weighted by atomic mass is 35.5. The van der Waals surface area contributed by atoms with Crippen molar-refractivity contribution < 1.29 is 4.39 Å². The summed E-state index contributed by atoms with van der Waals surface area (Å²) in [5, 5.41) is 6.84. The summed E-state index contributed by atoms with van der Waals surface area (Å²) in [6.07, 6.45) is 0.870. The number of halogens is 2. The van der Waals surface area contributed by atoms with Crippen molar-refractivity contribution in [2.75, 3.05) is 20.6 Å². The molecule has 0 aliphatic heterocycles. The molecule has 0 bridgehead atoms. The first kappa shape index (κ1) is 13.4. The van der Waals surface area contributed by atoms with Crippen LogP contribution in [0.1, 0.15) is 23.6 Å². The lowest BCUT2D eigenvalue weighted by molar-refractivity contribution is 0.527. The molecule has 16 heavy (non-hydrogen) atoms. The molecule has 0 radical (unpaired) electrons. The van der Waals surface area contributed by atoms with Crippen molar-refractivity contribution in [3.63, 3.8) is 0 Å². The van der Waals surface area contributed by atoms with Gasteiger partial charge in [0.15, 0.2) is 0 Å². The van der Waals surface area contributed by atoms with Crippen molar-refractivity contribution >= 4 is 11.6 Å². The minimum Gasteiger partial charge on any atom is -0.320 e. The second-order valence-corrected chi connectivity index (χ2v) is 4.26. The molecule has 0 fully saturated rings. The molecule has 4 heteroatoms. The fraction of sp³-hybridized carbons (Fsp3) is 0.500. The smallest absolute Gasteiger partial charge is 0.126 e. The van der Waals surface area contributed by atoms with E-state index < -0.39 is 0 Å². The van der Waals surface area contributed by atoms with E-state index in [9.17, 15) is 4.39 Å². The van der Waals surface area contributed by atoms with E-state index in [4.69, 9.17) is 11.6 Å². The molecule has 0 heterocycles. The summed E-state index contributed by atoms with van der Waals surface area (Å²) in [4.78, 5) is 0. The number of nitrogens with one attached hydrogen (secondary N) is 2. The summed E-state index contributed by atoms with van der Waals surface area (Å²) in [5.74, 6) is -0.205. The summed E-state index contributed by atoms with van der Waals surface area (Å²) >= 11 is 6.13. The molecule has 2 N–H and O–H groups in total. The summed E-state index contributed by atoms with van der Waals surface area (Å²) < 4.78 is 13.5. The fourth-order valence-electron chi connectivity index (χ4n) is 1.67. The van der Waals surface area contributed by atoms with Crippen molar-refractivity contribution in [1.82, 2.24) is 10.6 Å². The second-order valence-electron chi connectivity index (χ2n) is 3.86. The van der Waals surface area contributed by atoms with E-state index >= 15 is 0 Å². The zero-order valence-electron chi connectivity index (χ0n) is 9.90. The number of benzene rings is 1. The number of hydrogen-bond acceptors (Lipinski definition) is 2. The second kappa shape index (κ2) is 6.18. The first-order valence-corrected chi connectivity index (χ1v) is 5.75. The molecule has 1 aromatic rings. The Kier molecular flexibility index (Phi) is 5.19. The lowest BCUT2D eigenvalue weighted by atomic mass is 10.0. The predicted octanol–water partition coefficient (Wildman–Crippen LogP) is 2.66. The van der Waals surface area contributed by atoms with Gasteiger partial charge in [0.05, 0.1) is 0 Å². The summed E-state index contributed by atoms with van der Waals surface area (Å²) in [6, 6.07) is 3.28. The third kappa shape index (κ3) is 3.17. The Bertz CT molecular complexity index is 355. The molecule has 0 aliphatic rings. The van der Waals surface area contributed by atoms with Crippen molar-refractivity contribution in [2.24, 2.45) is 0 Å². The summed E-state index contributed by atoms with van der Waals surface area (Å²) in [5.41, 5.74) is 1.40. The Morgan fingerprint density at radius 2 is 2.06 bits per heavy atom. The van der Waals surface area contributed by atoms with E-state index in [1.54, 1.807) is 13.0 Å². The van der Waals surface area contributed by atoms with E-state index in [0.29, 0.717) is 10.6 Å². The Morgan fingerprint density at radius 3 is 2.62 bits per heavy atom. The van der Waals surface area contributed by atoms with Crippen LogP contribution < -0.4 is 10.6 Å². The molecule has 0 spiro atoms. The van der Waals surface area contributed by atoms with E-state index in [1.807, 2.05) is 14.1 Å². The van der Waals surface area contributed by atoms with Crippen molar-refractivity contribution in [3.05, 3.63) is 34.1 Å². The Morgan fingerprint density at radius 1 is 1.38 bits per heavy atom. The third-order valence-electron chi connectivity index (χ3n) is 2.68. The molecule has 1 aromatic carbocycles. The maximum atomic E-state index is 13.5. The molecule has 0 aliphatic carbocycles. The van der Waals surface area contributed by atoms with Gasteiger partial charge in [0.25, 0.3) is 0 Å². The predicted molar refractivity (Wildman–Crippen MR) is 66.5 cm³/mol. The highest BCUT2D eigenvalue weighted by molar-refractivity contribution is 6.31. The average Bonchev–Trinajstić information content (AvgIpc) is 2.26. The number of hydrogen-bond donors (Lipinski definition) is 2. The highest BCUT2D eigenvalue weighted by Crippen LogP contribution is 2.27. The van der Waals surface area contributed by atoms with Gasteiger partial charge in [-0.1, -0.05) is 11.6 Å². The lowest BCUT2D eigenvalue weighted by Gasteiger charge is -2.18. The van der Waals surface area contributed by atoms with Crippen LogP contribution in [0.5, 0.6) is 0 Å². The number of aryl methyl sites for hydroxylation is 1. The Hall–Kier alpha value is -0.640. The van der Waals surface area contributed by atoms with E-state index in [-0.39, 0.29) is 11.9 Å². The quantitative estimate of drug-likeness (QED) is 0.832. The molecule has 0 saturated heterocycles. The zero-order valence-corrected chi connectivity index (χ0v) is 10.7. The molecular formula is C12H18ClFN2. The van der Waals surface area contributed by atoms with Crippen molar-refractivity contribution in [1.29, 1.82) is 0 Å². The van der Waals surface area contributed by atoms with Crippen LogP contribution in [0.4, 0.5) is 4.39 Å². The summed E-state index contributed by atoms with van der Waals surface area (Å²) in [7, 11) is 3.75. The van der Waals surface area contributed by atoms with Gasteiger partial charge in [0.2, 0.25) is 0 Å². The van der Waals surface area contributed by atoms with Gasteiger partial charge in [-0.3, -0.25) is 0 Å². The first-order valence-electron chi connectivity index (χ1n) is 5.37. The van der Waals surface area contributed by atoms with E-state index in [0.717, 1.165) is 18.5 Å². The van der Waals surface area contributed by atoms with Gasteiger partial charge >= 0.3 is 0 Å². The van der Waals surface area contributed by atoms with Gasteiger partial charge in [0, 0.05) is 11.1 Å². The molecule has 0 amide bonds. The standard InChI is InChI=1S/C12H18ClFN2/c1-8-6-10(13)9(7-11(8)14)12(16-3)4-5-15-2/h6-7,12,15-16H,4-5H2,1-3H3. The maximum Gasteiger partial charge on any atom is 0.126 e. The minimum absolute atomic E-state index is 0.0787. The molecule has 90 valence electrons. The monoisotopic (exact) mass is 244 g/mol. The van der Waals surface area contributed by atoms with Crippen LogP contribution in [0.3, 0.4) is 0 Å². The fourth-order valence-corrected chi connectivity index (χ4v) is 2.02. The van der Waals surface area contributed by atoms with Crippen LogP contribution in [0.2, 0.25) is 5.02 Å². The number of rotatable bonds is 5. The molecule has 1 unspecified atom stereocenters. The van der Waals surface area contributed by atoms with E-state index in [2.05, 4.69) is 10.6 Å². The maximum absolute atomic E-state index is 13.5. The van der Waals surface area contributed by atoms with Crippen LogP contribution in [0.25, 0.3) is 0 Å². The molecule has 0 saturated carbocycles. The largest absolute Gasteiger partial charge is 0.320 e. The molecule has 1 atom stereocenters. The molecule has 0 aromatic heterocycles. The molecule has 1 rings (SSSR count). The average molecular weight is 245 g/mol. The van der Waals surface area contributed by atoms with Crippen molar-refractivity contribution in [3.8, 4) is 0 Å². The first-order chi connectivity index (χ1) is 7.60. The topological polar surface area (TPSA) is 24.1 Å². The van der Waals surface area contributed by atoms with Gasteiger partial charge in [-0.15, -0.1) is 0 Å². The van der Waals surface area contributed by atoms with Gasteiger partial charge in [-0.25, -0.2) is 4.39 Å². The van der Waals surface area contributed by atoms with Gasteiger partial charge in [-0.2, -0.15) is 0 Å². The van der Waals surface area contributed by atoms with Gasteiger partial charge in [0.1, 0.15) is 5.82 Å². The van der Waals surface area contributed by atoms with Crippen LogP contribution in [0.15, 0.2) is 12.1 Å². The Balaban J connectivity index is 2.95. The van der Waals surface area contributed by atoms with Crippen molar-refractivity contribution in [2.45, 2.75) is 19.4 Å². The highest BCUT2D eigenvalue weighted by Gasteiger charge is 2.14. The van der Waals surface area contributed by atoms with Crippen LogP contribution in [-0.2, 0) is 0 Å². The minimum atomic E-state index is -0.205. The molecule has 2 nitrogen and oxygen atoms in total. The lowest BCUT2D eigenvalue weighted by Crippen LogP contribution is -2.22. The SMILES string of the molecule is CNCCC(NC)c1cc(F)c(C)cc1Cl.